The van der Waals surface area contributed by atoms with Crippen molar-refractivity contribution in [2.75, 3.05) is 7.11 Å². The van der Waals surface area contributed by atoms with Crippen LogP contribution in [0.3, 0.4) is 0 Å². The van der Waals surface area contributed by atoms with E-state index in [1.165, 1.54) is 17.1 Å². The molecule has 0 fully saturated rings. The molecule has 4 rings (SSSR count). The summed E-state index contributed by atoms with van der Waals surface area (Å²) >= 11 is 1.32. The number of hydrogen-bond donors (Lipinski definition) is 1. The van der Waals surface area contributed by atoms with Gasteiger partial charge in [-0.3, -0.25) is 0 Å². The van der Waals surface area contributed by atoms with Gasteiger partial charge in [0.1, 0.15) is 29.8 Å². The normalized spacial score (nSPS) is 15.6. The second-order valence-corrected chi connectivity index (χ2v) is 7.91. The summed E-state index contributed by atoms with van der Waals surface area (Å²) in [4.78, 5) is 0. The molecule has 2 aliphatic rings. The average Bonchev–Trinajstić information content (AvgIpc) is 3.25. The third-order valence-electron chi connectivity index (χ3n) is 5.13. The summed E-state index contributed by atoms with van der Waals surface area (Å²) in [5.74, 6) is 2.17. The Hall–Kier alpha value is -2.99. The molecule has 0 atom stereocenters. The number of hydrogen-bond acceptors (Lipinski definition) is 6. The van der Waals surface area contributed by atoms with E-state index in [9.17, 15) is 5.11 Å². The molecule has 156 valence electrons. The minimum absolute atomic E-state index is 0.131. The van der Waals surface area contributed by atoms with E-state index in [0.717, 1.165) is 42.6 Å². The highest BCUT2D eigenvalue weighted by molar-refractivity contribution is 7.04. The van der Waals surface area contributed by atoms with Crippen LogP contribution in [0.5, 0.6) is 11.5 Å². The van der Waals surface area contributed by atoms with Gasteiger partial charge in [-0.05, 0) is 42.4 Å². The summed E-state index contributed by atoms with van der Waals surface area (Å²) in [6.07, 6.45) is 14.2. The predicted molar refractivity (Wildman–Crippen MR) is 119 cm³/mol. The van der Waals surface area contributed by atoms with Crippen molar-refractivity contribution in [2.45, 2.75) is 39.0 Å². The lowest BCUT2D eigenvalue weighted by Crippen LogP contribution is -2.02. The average molecular weight is 424 g/mol. The molecule has 2 aromatic rings. The van der Waals surface area contributed by atoms with E-state index >= 15 is 0 Å². The van der Waals surface area contributed by atoms with Crippen molar-refractivity contribution in [3.8, 4) is 22.8 Å². The quantitative estimate of drug-likeness (QED) is 0.564. The first-order valence-corrected chi connectivity index (χ1v) is 10.9. The Kier molecular flexibility index (Phi) is 6.23. The van der Waals surface area contributed by atoms with Crippen molar-refractivity contribution in [1.29, 1.82) is 0 Å². The molecule has 0 saturated carbocycles. The number of ether oxygens (including phenoxy) is 3. The van der Waals surface area contributed by atoms with Crippen molar-refractivity contribution < 1.29 is 19.3 Å². The third kappa shape index (κ3) is 4.28. The summed E-state index contributed by atoms with van der Waals surface area (Å²) in [6.45, 7) is 2.11. The molecule has 0 spiro atoms. The fourth-order valence-electron chi connectivity index (χ4n) is 3.64. The second-order valence-electron chi connectivity index (χ2n) is 7.28. The zero-order valence-electron chi connectivity index (χ0n) is 17.2. The molecule has 30 heavy (non-hydrogen) atoms. The molecule has 1 aliphatic heterocycles. The maximum absolute atomic E-state index is 10.6. The van der Waals surface area contributed by atoms with Crippen LogP contribution in [-0.4, -0.2) is 16.6 Å². The lowest BCUT2D eigenvalue weighted by atomic mass is 9.99. The summed E-state index contributed by atoms with van der Waals surface area (Å²) in [6, 6.07) is 3.61. The summed E-state index contributed by atoms with van der Waals surface area (Å²) < 4.78 is 21.7. The number of rotatable bonds is 7. The fraction of sp³-hybridized carbons (Fsp3) is 0.292. The van der Waals surface area contributed by atoms with Gasteiger partial charge in [-0.25, -0.2) is 0 Å². The number of allylic oxidation sites excluding steroid dienone is 4. The molecule has 0 amide bonds. The van der Waals surface area contributed by atoms with Gasteiger partial charge in [0.25, 0.3) is 0 Å². The highest BCUT2D eigenvalue weighted by Gasteiger charge is 2.22. The molecule has 0 unspecified atom stereocenters. The number of aromatic hydroxyl groups is 1. The van der Waals surface area contributed by atoms with Crippen LogP contribution in [0.4, 0.5) is 0 Å². The number of aromatic nitrogens is 1. The van der Waals surface area contributed by atoms with Crippen LogP contribution < -0.4 is 4.74 Å². The molecule has 0 saturated heterocycles. The highest BCUT2D eigenvalue weighted by atomic mass is 32.1. The van der Waals surface area contributed by atoms with Crippen molar-refractivity contribution in [2.24, 2.45) is 0 Å². The standard InChI is InChI=1S/C24H25NO4S/c1-3-7-17-11-19(21(26)12-22(17)27-2)24-20(15-30-25-24)23-14-28-13-18(29-23)10-16-8-5-4-6-9-16/h4-5,8,11-15,26H,3,6-7,9-10H2,1-2H3. The zero-order chi connectivity index (χ0) is 20.9. The van der Waals surface area contributed by atoms with E-state index in [1.807, 2.05) is 11.4 Å². The maximum atomic E-state index is 10.6. The first-order chi connectivity index (χ1) is 14.7. The number of aryl methyl sites for hydroxylation is 1. The van der Waals surface area contributed by atoms with E-state index in [4.69, 9.17) is 14.2 Å². The Bertz CT molecular complexity index is 1050. The van der Waals surface area contributed by atoms with E-state index in [-0.39, 0.29) is 5.75 Å². The van der Waals surface area contributed by atoms with E-state index < -0.39 is 0 Å². The first kappa shape index (κ1) is 20.3. The van der Waals surface area contributed by atoms with Gasteiger partial charge in [-0.2, -0.15) is 4.37 Å². The molecule has 1 aliphatic carbocycles. The lowest BCUT2D eigenvalue weighted by molar-refractivity contribution is 0.273. The van der Waals surface area contributed by atoms with Crippen LogP contribution in [0.1, 0.15) is 43.7 Å². The predicted octanol–water partition coefficient (Wildman–Crippen LogP) is 6.33. The van der Waals surface area contributed by atoms with Gasteiger partial charge in [-0.1, -0.05) is 37.1 Å². The van der Waals surface area contributed by atoms with Gasteiger partial charge >= 0.3 is 0 Å². The number of phenols is 1. The van der Waals surface area contributed by atoms with Crippen LogP contribution in [0, 0.1) is 0 Å². The van der Waals surface area contributed by atoms with Crippen molar-refractivity contribution in [3.63, 3.8) is 0 Å². The van der Waals surface area contributed by atoms with Crippen molar-refractivity contribution >= 4 is 17.3 Å². The van der Waals surface area contributed by atoms with Crippen molar-refractivity contribution in [3.05, 3.63) is 70.7 Å². The number of benzene rings is 1. The van der Waals surface area contributed by atoms with E-state index in [1.54, 1.807) is 25.7 Å². The van der Waals surface area contributed by atoms with Gasteiger partial charge in [0, 0.05) is 23.4 Å². The summed E-state index contributed by atoms with van der Waals surface area (Å²) in [5.41, 5.74) is 4.49. The lowest BCUT2D eigenvalue weighted by Gasteiger charge is -2.19. The Balaban J connectivity index is 1.61. The fourth-order valence-corrected chi connectivity index (χ4v) is 4.33. The first-order valence-electron chi connectivity index (χ1n) is 10.1. The molecule has 0 radical (unpaired) electrons. The number of phenolic OH excluding ortho intramolecular Hbond substituents is 1. The highest BCUT2D eigenvalue weighted by Crippen LogP contribution is 2.40. The van der Waals surface area contributed by atoms with Crippen LogP contribution in [0.25, 0.3) is 17.0 Å². The second kappa shape index (κ2) is 9.22. The van der Waals surface area contributed by atoms with Gasteiger partial charge < -0.3 is 19.3 Å². The maximum Gasteiger partial charge on any atom is 0.172 e. The number of nitrogens with zero attached hydrogens (tertiary/aromatic N) is 1. The third-order valence-corrected chi connectivity index (χ3v) is 5.75. The van der Waals surface area contributed by atoms with Crippen LogP contribution in [0.2, 0.25) is 0 Å². The van der Waals surface area contributed by atoms with Gasteiger partial charge in [-0.15, -0.1) is 0 Å². The molecule has 1 aromatic heterocycles. The Labute approximate surface area is 180 Å². The van der Waals surface area contributed by atoms with Crippen LogP contribution >= 0.6 is 11.5 Å². The Morgan fingerprint density at radius 1 is 1.23 bits per heavy atom. The molecule has 2 heterocycles. The molecular formula is C24H25NO4S. The van der Waals surface area contributed by atoms with Gasteiger partial charge in [0.05, 0.1) is 18.4 Å². The smallest absolute Gasteiger partial charge is 0.172 e. The summed E-state index contributed by atoms with van der Waals surface area (Å²) in [7, 11) is 1.62. The van der Waals surface area contributed by atoms with Gasteiger partial charge in [0.15, 0.2) is 5.76 Å². The van der Waals surface area contributed by atoms with Crippen molar-refractivity contribution in [1.82, 2.24) is 4.37 Å². The zero-order valence-corrected chi connectivity index (χ0v) is 18.0. The molecule has 1 aromatic carbocycles. The van der Waals surface area contributed by atoms with Crippen LogP contribution in [0.15, 0.2) is 59.6 Å². The Morgan fingerprint density at radius 2 is 2.13 bits per heavy atom. The molecular weight excluding hydrogens is 398 g/mol. The number of methoxy groups -OCH3 is 1. The van der Waals surface area contributed by atoms with Crippen LogP contribution in [-0.2, 0) is 15.9 Å². The van der Waals surface area contributed by atoms with E-state index in [0.29, 0.717) is 29.2 Å². The minimum atomic E-state index is 0.131. The largest absolute Gasteiger partial charge is 0.507 e. The van der Waals surface area contributed by atoms with E-state index in [2.05, 4.69) is 29.5 Å². The molecule has 1 N–H and O–H groups in total. The monoisotopic (exact) mass is 423 g/mol. The SMILES string of the molecule is CCCc1cc(-c2nscc2C2=COC=C(CC3=CC=CCC3)O2)c(O)cc1OC. The molecule has 0 bridgehead atoms. The Morgan fingerprint density at radius 3 is 2.90 bits per heavy atom. The molecule has 6 heteroatoms. The topological polar surface area (TPSA) is 60.8 Å². The molecule has 5 nitrogen and oxygen atoms in total. The van der Waals surface area contributed by atoms with Gasteiger partial charge in [0.2, 0.25) is 0 Å². The summed E-state index contributed by atoms with van der Waals surface area (Å²) in [5, 5.41) is 12.6. The minimum Gasteiger partial charge on any atom is -0.507 e.